The summed E-state index contributed by atoms with van der Waals surface area (Å²) in [6, 6.07) is 6.55. The Morgan fingerprint density at radius 2 is 1.95 bits per heavy atom. The molecule has 3 rings (SSSR count). The Labute approximate surface area is 137 Å². The molecule has 0 N–H and O–H groups in total. The van der Waals surface area contributed by atoms with Crippen molar-refractivity contribution in [1.29, 1.82) is 0 Å². The minimum Gasteiger partial charge on any atom is -0.300 e. The van der Waals surface area contributed by atoms with Gasteiger partial charge >= 0.3 is 0 Å². The highest BCUT2D eigenvalue weighted by molar-refractivity contribution is 6.42. The van der Waals surface area contributed by atoms with Gasteiger partial charge < -0.3 is 0 Å². The number of hydrogen-bond acceptors (Lipinski definition) is 1. The number of halogens is 2. The molecule has 1 aromatic rings. The van der Waals surface area contributed by atoms with E-state index < -0.39 is 0 Å². The lowest BCUT2D eigenvalue weighted by molar-refractivity contribution is 0.143. The molecule has 1 atom stereocenters. The van der Waals surface area contributed by atoms with Crippen molar-refractivity contribution in [3.05, 3.63) is 39.9 Å². The van der Waals surface area contributed by atoms with Crippen LogP contribution in [0, 0.1) is 5.92 Å². The summed E-state index contributed by atoms with van der Waals surface area (Å²) in [5.74, 6) is 0.990. The molecule has 114 valence electrons. The molecule has 1 aromatic carbocycles. The van der Waals surface area contributed by atoms with Crippen LogP contribution in [-0.2, 0) is 0 Å². The van der Waals surface area contributed by atoms with Gasteiger partial charge in [-0.3, -0.25) is 4.90 Å². The number of likely N-dealkylation sites (tertiary alicyclic amines) is 1. The topological polar surface area (TPSA) is 3.24 Å². The third kappa shape index (κ3) is 4.48. The monoisotopic (exact) mass is 323 g/mol. The number of benzene rings is 1. The highest BCUT2D eigenvalue weighted by atomic mass is 35.5. The van der Waals surface area contributed by atoms with Crippen molar-refractivity contribution in [1.82, 2.24) is 4.90 Å². The zero-order valence-electron chi connectivity index (χ0n) is 12.4. The molecule has 1 heterocycles. The Kier molecular flexibility index (Phi) is 5.26. The molecule has 1 saturated carbocycles. The summed E-state index contributed by atoms with van der Waals surface area (Å²) in [6.07, 6.45) is 12.6. The standard InChI is InChI=1S/C18H23Cl2N/c19-17-10-9-14(12-18(17)20)4-3-6-16-5-1-2-11-21(16)13-15-7-8-15/h3-4,9-10,12,15-16H,1-2,5-8,11,13H2/b4-3+/t16-/m0/s1. The normalized spacial score (nSPS) is 23.8. The SMILES string of the molecule is Clc1ccc(/C=C/C[C@@H]2CCCCN2CC2CC2)cc1Cl. The van der Waals surface area contributed by atoms with Crippen molar-refractivity contribution in [2.75, 3.05) is 13.1 Å². The van der Waals surface area contributed by atoms with Crippen molar-refractivity contribution >= 4 is 29.3 Å². The van der Waals surface area contributed by atoms with Crippen LogP contribution in [0.1, 0.15) is 44.1 Å². The molecule has 0 bridgehead atoms. The van der Waals surface area contributed by atoms with Crippen LogP contribution < -0.4 is 0 Å². The molecule has 21 heavy (non-hydrogen) atoms. The second-order valence-corrected chi connectivity index (χ2v) is 7.21. The Hall–Kier alpha value is -0.500. The van der Waals surface area contributed by atoms with Gasteiger partial charge in [-0.1, -0.05) is 47.8 Å². The van der Waals surface area contributed by atoms with E-state index in [0.717, 1.165) is 23.9 Å². The van der Waals surface area contributed by atoms with Crippen molar-refractivity contribution in [2.45, 2.75) is 44.6 Å². The van der Waals surface area contributed by atoms with Crippen LogP contribution in [0.3, 0.4) is 0 Å². The Morgan fingerprint density at radius 3 is 2.71 bits per heavy atom. The van der Waals surface area contributed by atoms with Gasteiger partial charge in [-0.2, -0.15) is 0 Å². The number of nitrogens with zero attached hydrogens (tertiary/aromatic N) is 1. The van der Waals surface area contributed by atoms with Gasteiger partial charge in [0.05, 0.1) is 10.0 Å². The first kappa shape index (κ1) is 15.4. The van der Waals surface area contributed by atoms with E-state index in [1.54, 1.807) is 0 Å². The molecule has 0 amide bonds. The fourth-order valence-corrected chi connectivity index (χ4v) is 3.48. The van der Waals surface area contributed by atoms with Gasteiger partial charge in [0.2, 0.25) is 0 Å². The zero-order valence-corrected chi connectivity index (χ0v) is 13.9. The second kappa shape index (κ2) is 7.17. The van der Waals surface area contributed by atoms with Gasteiger partial charge in [0, 0.05) is 12.6 Å². The number of rotatable bonds is 5. The van der Waals surface area contributed by atoms with Crippen LogP contribution in [0.4, 0.5) is 0 Å². The van der Waals surface area contributed by atoms with Crippen molar-refractivity contribution in [3.63, 3.8) is 0 Å². The first-order chi connectivity index (χ1) is 10.2. The minimum absolute atomic E-state index is 0.622. The molecule has 1 aliphatic carbocycles. The number of piperidine rings is 1. The third-order valence-electron chi connectivity index (χ3n) is 4.60. The molecule has 0 radical (unpaired) electrons. The molecule has 2 aliphatic rings. The van der Waals surface area contributed by atoms with E-state index in [1.807, 2.05) is 18.2 Å². The lowest BCUT2D eigenvalue weighted by atomic mass is 9.98. The molecular weight excluding hydrogens is 301 g/mol. The molecule has 1 aliphatic heterocycles. The van der Waals surface area contributed by atoms with E-state index in [2.05, 4.69) is 17.1 Å². The van der Waals surface area contributed by atoms with Crippen LogP contribution in [0.15, 0.2) is 24.3 Å². The Morgan fingerprint density at radius 1 is 1.10 bits per heavy atom. The molecular formula is C18H23Cl2N. The van der Waals surface area contributed by atoms with Crippen LogP contribution in [0.2, 0.25) is 10.0 Å². The summed E-state index contributed by atoms with van der Waals surface area (Å²) < 4.78 is 0. The largest absolute Gasteiger partial charge is 0.300 e. The molecule has 1 saturated heterocycles. The third-order valence-corrected chi connectivity index (χ3v) is 5.34. The van der Waals surface area contributed by atoms with Crippen molar-refractivity contribution in [3.8, 4) is 0 Å². The van der Waals surface area contributed by atoms with Crippen LogP contribution in [-0.4, -0.2) is 24.0 Å². The van der Waals surface area contributed by atoms with Crippen LogP contribution >= 0.6 is 23.2 Å². The predicted molar refractivity (Wildman–Crippen MR) is 92.0 cm³/mol. The molecule has 1 nitrogen and oxygen atoms in total. The minimum atomic E-state index is 0.622. The maximum atomic E-state index is 6.05. The smallest absolute Gasteiger partial charge is 0.0598 e. The lowest BCUT2D eigenvalue weighted by Crippen LogP contribution is -2.40. The first-order valence-electron chi connectivity index (χ1n) is 8.08. The van der Waals surface area contributed by atoms with Crippen LogP contribution in [0.25, 0.3) is 6.08 Å². The maximum Gasteiger partial charge on any atom is 0.0598 e. The summed E-state index contributed by atoms with van der Waals surface area (Å²) >= 11 is 12.0. The first-order valence-corrected chi connectivity index (χ1v) is 8.83. The maximum absolute atomic E-state index is 6.05. The summed E-state index contributed by atoms with van der Waals surface area (Å²) in [4.78, 5) is 2.72. The molecule has 2 fully saturated rings. The van der Waals surface area contributed by atoms with E-state index in [9.17, 15) is 0 Å². The molecule has 0 spiro atoms. The Bertz CT molecular complexity index is 508. The molecule has 0 aromatic heterocycles. The highest BCUT2D eigenvalue weighted by Gasteiger charge is 2.28. The van der Waals surface area contributed by atoms with Gasteiger partial charge in [-0.25, -0.2) is 0 Å². The fourth-order valence-electron chi connectivity index (χ4n) is 3.18. The molecule has 3 heteroatoms. The van der Waals surface area contributed by atoms with Gasteiger partial charge in [-0.05, 0) is 62.3 Å². The van der Waals surface area contributed by atoms with E-state index in [-0.39, 0.29) is 0 Å². The van der Waals surface area contributed by atoms with Gasteiger partial charge in [-0.15, -0.1) is 0 Å². The van der Waals surface area contributed by atoms with E-state index in [1.165, 1.54) is 45.2 Å². The average Bonchev–Trinajstić information content (AvgIpc) is 3.29. The van der Waals surface area contributed by atoms with Gasteiger partial charge in [0.15, 0.2) is 0 Å². The fraction of sp³-hybridized carbons (Fsp3) is 0.556. The van der Waals surface area contributed by atoms with E-state index in [0.29, 0.717) is 10.0 Å². The van der Waals surface area contributed by atoms with Gasteiger partial charge in [0.25, 0.3) is 0 Å². The highest BCUT2D eigenvalue weighted by Crippen LogP contribution is 2.32. The quantitative estimate of drug-likeness (QED) is 0.675. The number of hydrogen-bond donors (Lipinski definition) is 0. The summed E-state index contributed by atoms with van der Waals surface area (Å²) in [6.45, 7) is 2.62. The molecule has 0 unspecified atom stereocenters. The van der Waals surface area contributed by atoms with Crippen molar-refractivity contribution < 1.29 is 0 Å². The summed E-state index contributed by atoms with van der Waals surface area (Å²) in [5, 5.41) is 1.25. The lowest BCUT2D eigenvalue weighted by Gasteiger charge is -2.35. The van der Waals surface area contributed by atoms with E-state index in [4.69, 9.17) is 23.2 Å². The van der Waals surface area contributed by atoms with E-state index >= 15 is 0 Å². The van der Waals surface area contributed by atoms with Crippen molar-refractivity contribution in [2.24, 2.45) is 5.92 Å². The van der Waals surface area contributed by atoms with Crippen LogP contribution in [0.5, 0.6) is 0 Å². The zero-order chi connectivity index (χ0) is 14.7. The predicted octanol–water partition coefficient (Wildman–Crippen LogP) is 5.66. The second-order valence-electron chi connectivity index (χ2n) is 6.40. The summed E-state index contributed by atoms with van der Waals surface area (Å²) in [7, 11) is 0. The average molecular weight is 324 g/mol. The van der Waals surface area contributed by atoms with Gasteiger partial charge in [0.1, 0.15) is 0 Å². The Balaban J connectivity index is 1.56. The summed E-state index contributed by atoms with van der Waals surface area (Å²) in [5.41, 5.74) is 1.13.